The fourth-order valence-corrected chi connectivity index (χ4v) is 2.79. The van der Waals surface area contributed by atoms with Crippen LogP contribution in [0.25, 0.3) is 0 Å². The number of amides is 2. The number of anilines is 1. The van der Waals surface area contributed by atoms with Gasteiger partial charge in [0, 0.05) is 31.6 Å². The second-order valence-electron chi connectivity index (χ2n) is 6.01. The maximum Gasteiger partial charge on any atom is 0.227 e. The summed E-state index contributed by atoms with van der Waals surface area (Å²) in [5, 5.41) is 6.54. The van der Waals surface area contributed by atoms with E-state index in [1.54, 1.807) is 19.1 Å². The van der Waals surface area contributed by atoms with Gasteiger partial charge in [0.1, 0.15) is 5.82 Å². The highest BCUT2D eigenvalue weighted by Gasteiger charge is 2.34. The van der Waals surface area contributed by atoms with Crippen molar-refractivity contribution in [3.05, 3.63) is 41.8 Å². The summed E-state index contributed by atoms with van der Waals surface area (Å²) in [5.41, 5.74) is 0.605. The van der Waals surface area contributed by atoms with Crippen LogP contribution >= 0.6 is 0 Å². The number of nitrogens with one attached hydrogen (secondary N) is 1. The normalized spacial score (nSPS) is 17.1. The molecule has 25 heavy (non-hydrogen) atoms. The van der Waals surface area contributed by atoms with Crippen molar-refractivity contribution in [2.75, 3.05) is 18.0 Å². The summed E-state index contributed by atoms with van der Waals surface area (Å²) in [7, 11) is 0. The maximum absolute atomic E-state index is 13.0. The molecule has 8 heteroatoms. The second kappa shape index (κ2) is 7.42. The van der Waals surface area contributed by atoms with Crippen LogP contribution in [0.4, 0.5) is 10.1 Å². The lowest BCUT2D eigenvalue weighted by molar-refractivity contribution is -0.126. The van der Waals surface area contributed by atoms with Crippen molar-refractivity contribution in [3.8, 4) is 0 Å². The third kappa shape index (κ3) is 4.20. The van der Waals surface area contributed by atoms with Crippen LogP contribution in [-0.4, -0.2) is 35.0 Å². The highest BCUT2D eigenvalue weighted by Crippen LogP contribution is 2.25. The van der Waals surface area contributed by atoms with Crippen molar-refractivity contribution in [2.24, 2.45) is 5.92 Å². The van der Waals surface area contributed by atoms with Gasteiger partial charge in [0.05, 0.1) is 5.92 Å². The third-order valence-electron chi connectivity index (χ3n) is 4.07. The summed E-state index contributed by atoms with van der Waals surface area (Å²) in [6.07, 6.45) is 1.42. The number of hydrogen-bond acceptors (Lipinski definition) is 5. The lowest BCUT2D eigenvalue weighted by atomic mass is 10.1. The zero-order valence-corrected chi connectivity index (χ0v) is 13.9. The predicted molar refractivity (Wildman–Crippen MR) is 87.2 cm³/mol. The van der Waals surface area contributed by atoms with Gasteiger partial charge in [-0.15, -0.1) is 0 Å². The van der Waals surface area contributed by atoms with Gasteiger partial charge in [-0.1, -0.05) is 5.16 Å². The highest BCUT2D eigenvalue weighted by atomic mass is 19.1. The first kappa shape index (κ1) is 17.1. The van der Waals surface area contributed by atoms with E-state index in [0.29, 0.717) is 43.3 Å². The highest BCUT2D eigenvalue weighted by molar-refractivity contribution is 6.00. The van der Waals surface area contributed by atoms with Gasteiger partial charge in [-0.05, 0) is 37.6 Å². The average Bonchev–Trinajstić information content (AvgIpc) is 3.18. The van der Waals surface area contributed by atoms with Crippen molar-refractivity contribution in [3.63, 3.8) is 0 Å². The van der Waals surface area contributed by atoms with Gasteiger partial charge in [-0.3, -0.25) is 9.59 Å². The molecule has 2 heterocycles. The molecule has 2 aromatic rings. The van der Waals surface area contributed by atoms with E-state index < -0.39 is 5.92 Å². The van der Waals surface area contributed by atoms with Crippen molar-refractivity contribution in [1.82, 2.24) is 15.5 Å². The van der Waals surface area contributed by atoms with Crippen molar-refractivity contribution in [2.45, 2.75) is 26.2 Å². The van der Waals surface area contributed by atoms with Crippen LogP contribution in [0, 0.1) is 18.7 Å². The molecule has 1 atom stereocenters. The van der Waals surface area contributed by atoms with Crippen LogP contribution in [0.15, 0.2) is 28.8 Å². The van der Waals surface area contributed by atoms with E-state index in [4.69, 9.17) is 4.52 Å². The summed E-state index contributed by atoms with van der Waals surface area (Å²) in [6.45, 7) is 2.53. The molecule has 0 unspecified atom stereocenters. The Morgan fingerprint density at radius 1 is 1.40 bits per heavy atom. The topological polar surface area (TPSA) is 88.3 Å². The van der Waals surface area contributed by atoms with Gasteiger partial charge in [-0.2, -0.15) is 4.98 Å². The molecule has 3 rings (SSSR count). The van der Waals surface area contributed by atoms with Crippen LogP contribution < -0.4 is 10.2 Å². The van der Waals surface area contributed by atoms with E-state index >= 15 is 0 Å². The van der Waals surface area contributed by atoms with Gasteiger partial charge < -0.3 is 14.7 Å². The van der Waals surface area contributed by atoms with Crippen molar-refractivity contribution >= 4 is 17.5 Å². The molecule has 1 saturated heterocycles. The Kier molecular flexibility index (Phi) is 5.06. The molecule has 0 saturated carbocycles. The fourth-order valence-electron chi connectivity index (χ4n) is 2.79. The van der Waals surface area contributed by atoms with E-state index in [2.05, 4.69) is 15.5 Å². The molecule has 2 amide bonds. The Morgan fingerprint density at radius 3 is 2.84 bits per heavy atom. The van der Waals surface area contributed by atoms with Crippen LogP contribution in [-0.2, 0) is 16.0 Å². The van der Waals surface area contributed by atoms with E-state index in [9.17, 15) is 14.0 Å². The minimum Gasteiger partial charge on any atom is -0.356 e. The number of aryl methyl sites for hydroxylation is 2. The summed E-state index contributed by atoms with van der Waals surface area (Å²) in [4.78, 5) is 30.0. The first-order chi connectivity index (χ1) is 12.0. The number of benzene rings is 1. The minimum atomic E-state index is -0.400. The Bertz CT molecular complexity index is 760. The van der Waals surface area contributed by atoms with Gasteiger partial charge in [0.25, 0.3) is 0 Å². The largest absolute Gasteiger partial charge is 0.356 e. The first-order valence-corrected chi connectivity index (χ1v) is 8.16. The molecule has 1 aromatic heterocycles. The van der Waals surface area contributed by atoms with Gasteiger partial charge in [0.15, 0.2) is 5.82 Å². The molecule has 132 valence electrons. The molecule has 0 radical (unpaired) electrons. The number of rotatable bonds is 6. The summed E-state index contributed by atoms with van der Waals surface area (Å²) in [5.74, 6) is 0.0896. The average molecular weight is 346 g/mol. The fraction of sp³-hybridized carbons (Fsp3) is 0.412. The Morgan fingerprint density at radius 2 is 2.16 bits per heavy atom. The van der Waals surface area contributed by atoms with Gasteiger partial charge >= 0.3 is 0 Å². The smallest absolute Gasteiger partial charge is 0.227 e. The first-order valence-electron chi connectivity index (χ1n) is 8.16. The van der Waals surface area contributed by atoms with Crippen LogP contribution in [0.5, 0.6) is 0 Å². The van der Waals surface area contributed by atoms with Gasteiger partial charge in [0.2, 0.25) is 17.7 Å². The summed E-state index contributed by atoms with van der Waals surface area (Å²) >= 11 is 0. The number of hydrogen-bond donors (Lipinski definition) is 1. The molecular formula is C17H19FN4O3. The summed E-state index contributed by atoms with van der Waals surface area (Å²) in [6, 6.07) is 5.68. The SMILES string of the molecule is Cc1noc(CCCNC(=O)[C@@H]2CC(=O)N(c3ccc(F)cc3)C2)n1. The second-order valence-corrected chi connectivity index (χ2v) is 6.01. The number of nitrogens with zero attached hydrogens (tertiary/aromatic N) is 3. The zero-order valence-electron chi connectivity index (χ0n) is 13.9. The zero-order chi connectivity index (χ0) is 17.8. The Labute approximate surface area is 144 Å². The molecule has 0 bridgehead atoms. The third-order valence-corrected chi connectivity index (χ3v) is 4.07. The van der Waals surface area contributed by atoms with Crippen molar-refractivity contribution in [1.29, 1.82) is 0 Å². The number of carbonyl (C=O) groups is 2. The van der Waals surface area contributed by atoms with Gasteiger partial charge in [-0.25, -0.2) is 4.39 Å². The molecule has 0 aliphatic carbocycles. The molecule has 1 N–H and O–H groups in total. The lowest BCUT2D eigenvalue weighted by Crippen LogP contribution is -2.33. The van der Waals surface area contributed by atoms with Crippen LogP contribution in [0.3, 0.4) is 0 Å². The monoisotopic (exact) mass is 346 g/mol. The number of halogens is 1. The predicted octanol–water partition coefficient (Wildman–Crippen LogP) is 1.62. The Balaban J connectivity index is 1.46. The molecule has 1 fully saturated rings. The molecule has 7 nitrogen and oxygen atoms in total. The van der Waals surface area contributed by atoms with Crippen LogP contribution in [0.1, 0.15) is 24.6 Å². The van der Waals surface area contributed by atoms with E-state index in [1.165, 1.54) is 17.0 Å². The molecular weight excluding hydrogens is 327 g/mol. The standard InChI is InChI=1S/C17H19FN4O3/c1-11-20-15(25-21-11)3-2-8-19-17(24)12-9-16(23)22(10-12)14-6-4-13(18)5-7-14/h4-7,12H,2-3,8-10H2,1H3,(H,19,24)/t12-/m1/s1. The molecule has 1 aromatic carbocycles. The van der Waals surface area contributed by atoms with Crippen molar-refractivity contribution < 1.29 is 18.5 Å². The maximum atomic E-state index is 13.0. The van der Waals surface area contributed by atoms with E-state index in [-0.39, 0.29) is 24.1 Å². The quantitative estimate of drug-likeness (QED) is 0.803. The van der Waals surface area contributed by atoms with E-state index in [0.717, 1.165) is 0 Å². The minimum absolute atomic E-state index is 0.131. The lowest BCUT2D eigenvalue weighted by Gasteiger charge is -2.16. The Hall–Kier alpha value is -2.77. The number of aromatic nitrogens is 2. The number of carbonyl (C=O) groups excluding carboxylic acids is 2. The summed E-state index contributed by atoms with van der Waals surface area (Å²) < 4.78 is 18.0. The molecule has 1 aliphatic rings. The molecule has 1 aliphatic heterocycles. The molecule has 0 spiro atoms. The van der Waals surface area contributed by atoms with E-state index in [1.807, 2.05) is 0 Å². The van der Waals surface area contributed by atoms with Crippen LogP contribution in [0.2, 0.25) is 0 Å².